The third-order valence-electron chi connectivity index (χ3n) is 4.45. The maximum absolute atomic E-state index is 13.3. The number of rotatable bonds is 2. The van der Waals surface area contributed by atoms with Crippen molar-refractivity contribution >= 4 is 10.8 Å². The first-order valence-electron chi connectivity index (χ1n) is 8.36. The molecule has 4 aromatic rings. The molecule has 2 aromatic carbocycles. The van der Waals surface area contributed by atoms with E-state index in [1.54, 1.807) is 30.5 Å². The molecule has 140 valence electrons. The Bertz CT molecular complexity index is 1300. The van der Waals surface area contributed by atoms with Crippen LogP contribution in [0.25, 0.3) is 27.7 Å². The number of aromatic nitrogens is 2. The SMILES string of the molecule is O=c1[nH]c(-c2ccccc2C(F)(F)F)cc2ccc(-n3ccccc3=O)cc12. The molecule has 1 N–H and O–H groups in total. The Morgan fingerprint density at radius 3 is 2.36 bits per heavy atom. The van der Waals surface area contributed by atoms with Crippen molar-refractivity contribution < 1.29 is 13.2 Å². The summed E-state index contributed by atoms with van der Waals surface area (Å²) in [6.45, 7) is 0. The zero-order valence-electron chi connectivity index (χ0n) is 14.3. The molecule has 0 saturated carbocycles. The molecule has 0 saturated heterocycles. The van der Waals surface area contributed by atoms with E-state index in [2.05, 4.69) is 4.98 Å². The Morgan fingerprint density at radius 1 is 0.857 bits per heavy atom. The highest BCUT2D eigenvalue weighted by Crippen LogP contribution is 2.36. The fourth-order valence-electron chi connectivity index (χ4n) is 3.15. The van der Waals surface area contributed by atoms with Crippen LogP contribution in [-0.4, -0.2) is 9.55 Å². The van der Waals surface area contributed by atoms with Gasteiger partial charge in [0.25, 0.3) is 11.1 Å². The quantitative estimate of drug-likeness (QED) is 0.560. The van der Waals surface area contributed by atoms with Crippen LogP contribution in [0.4, 0.5) is 13.2 Å². The van der Waals surface area contributed by atoms with Crippen molar-refractivity contribution in [2.45, 2.75) is 6.18 Å². The summed E-state index contributed by atoms with van der Waals surface area (Å²) in [5.74, 6) is 0. The second-order valence-electron chi connectivity index (χ2n) is 6.24. The fourth-order valence-corrected chi connectivity index (χ4v) is 3.15. The topological polar surface area (TPSA) is 54.9 Å². The first-order chi connectivity index (χ1) is 13.3. The van der Waals surface area contributed by atoms with Gasteiger partial charge < -0.3 is 4.98 Å². The van der Waals surface area contributed by atoms with E-state index in [4.69, 9.17) is 0 Å². The Labute approximate surface area is 156 Å². The lowest BCUT2D eigenvalue weighted by Gasteiger charge is -2.13. The fraction of sp³-hybridized carbons (Fsp3) is 0.0476. The van der Waals surface area contributed by atoms with Crippen molar-refractivity contribution in [2.75, 3.05) is 0 Å². The first-order valence-corrected chi connectivity index (χ1v) is 8.36. The number of pyridine rings is 2. The lowest BCUT2D eigenvalue weighted by atomic mass is 10.0. The molecule has 0 fully saturated rings. The number of hydrogen-bond donors (Lipinski definition) is 1. The van der Waals surface area contributed by atoms with Crippen LogP contribution in [0.2, 0.25) is 0 Å². The average molecular weight is 382 g/mol. The summed E-state index contributed by atoms with van der Waals surface area (Å²) in [4.78, 5) is 27.1. The molecule has 0 aliphatic carbocycles. The minimum Gasteiger partial charge on any atom is -0.321 e. The number of benzene rings is 2. The molecule has 0 aliphatic rings. The van der Waals surface area contributed by atoms with Gasteiger partial charge in [0.1, 0.15) is 0 Å². The Balaban J connectivity index is 1.90. The third kappa shape index (κ3) is 3.11. The van der Waals surface area contributed by atoms with Gasteiger partial charge in [-0.05, 0) is 35.7 Å². The van der Waals surface area contributed by atoms with Gasteiger partial charge in [0.05, 0.1) is 5.56 Å². The summed E-state index contributed by atoms with van der Waals surface area (Å²) in [7, 11) is 0. The highest BCUT2D eigenvalue weighted by molar-refractivity contribution is 5.87. The lowest BCUT2D eigenvalue weighted by molar-refractivity contribution is -0.137. The molecule has 0 atom stereocenters. The van der Waals surface area contributed by atoms with Gasteiger partial charge in [-0.25, -0.2) is 0 Å². The number of nitrogens with one attached hydrogen (secondary N) is 1. The highest BCUT2D eigenvalue weighted by atomic mass is 19.4. The molecule has 2 aromatic heterocycles. The van der Waals surface area contributed by atoms with Gasteiger partial charge in [-0.3, -0.25) is 14.2 Å². The standard InChI is InChI=1S/C21H13F3N2O2/c22-21(23,24)17-6-2-1-5-15(17)18-11-13-8-9-14(12-16(13)20(28)25-18)26-10-4-3-7-19(26)27/h1-12H,(H,25,28). The van der Waals surface area contributed by atoms with Gasteiger partial charge in [0, 0.05) is 34.6 Å². The molecular formula is C21H13F3N2O2. The Kier molecular flexibility index (Phi) is 4.15. The molecule has 0 radical (unpaired) electrons. The van der Waals surface area contributed by atoms with Crippen LogP contribution in [-0.2, 0) is 6.18 Å². The highest BCUT2D eigenvalue weighted by Gasteiger charge is 2.33. The zero-order chi connectivity index (χ0) is 19.9. The normalized spacial score (nSPS) is 11.7. The van der Waals surface area contributed by atoms with Crippen molar-refractivity contribution in [1.82, 2.24) is 9.55 Å². The molecule has 0 unspecified atom stereocenters. The van der Waals surface area contributed by atoms with Crippen LogP contribution in [0.3, 0.4) is 0 Å². The molecule has 28 heavy (non-hydrogen) atoms. The summed E-state index contributed by atoms with van der Waals surface area (Å²) in [6.07, 6.45) is -2.97. The number of H-pyrrole nitrogens is 1. The molecule has 0 bridgehead atoms. The second-order valence-corrected chi connectivity index (χ2v) is 6.24. The zero-order valence-corrected chi connectivity index (χ0v) is 14.3. The lowest BCUT2D eigenvalue weighted by Crippen LogP contribution is -2.16. The van der Waals surface area contributed by atoms with Crippen LogP contribution in [0.1, 0.15) is 5.56 Å². The van der Waals surface area contributed by atoms with Crippen molar-refractivity contribution in [3.05, 3.63) is 99.2 Å². The molecule has 7 heteroatoms. The summed E-state index contributed by atoms with van der Waals surface area (Å²) in [5, 5.41) is 0.755. The van der Waals surface area contributed by atoms with Crippen molar-refractivity contribution in [3.63, 3.8) is 0 Å². The molecule has 0 spiro atoms. The van der Waals surface area contributed by atoms with E-state index in [9.17, 15) is 22.8 Å². The van der Waals surface area contributed by atoms with E-state index in [0.717, 1.165) is 6.07 Å². The summed E-state index contributed by atoms with van der Waals surface area (Å²) in [6, 6.07) is 16.1. The molecule has 4 rings (SSSR count). The Morgan fingerprint density at radius 2 is 1.61 bits per heavy atom. The molecular weight excluding hydrogens is 369 g/mol. The number of hydrogen-bond acceptors (Lipinski definition) is 2. The summed E-state index contributed by atoms with van der Waals surface area (Å²) < 4.78 is 41.3. The van der Waals surface area contributed by atoms with Crippen molar-refractivity contribution in [2.24, 2.45) is 0 Å². The van der Waals surface area contributed by atoms with E-state index < -0.39 is 17.3 Å². The van der Waals surface area contributed by atoms with E-state index >= 15 is 0 Å². The number of aromatic amines is 1. The predicted octanol–water partition coefficient (Wildman–Crippen LogP) is 4.36. The van der Waals surface area contributed by atoms with Gasteiger partial charge in [-0.2, -0.15) is 13.2 Å². The largest absolute Gasteiger partial charge is 0.417 e. The van der Waals surface area contributed by atoms with E-state index in [-0.39, 0.29) is 22.2 Å². The van der Waals surface area contributed by atoms with Gasteiger partial charge in [-0.1, -0.05) is 30.3 Å². The number of fused-ring (bicyclic) bond motifs is 1. The molecule has 0 amide bonds. The van der Waals surface area contributed by atoms with E-state index in [1.165, 1.54) is 41.0 Å². The van der Waals surface area contributed by atoms with Crippen LogP contribution in [0.5, 0.6) is 0 Å². The van der Waals surface area contributed by atoms with Crippen LogP contribution in [0, 0.1) is 0 Å². The maximum Gasteiger partial charge on any atom is 0.417 e. The summed E-state index contributed by atoms with van der Waals surface area (Å²) in [5.41, 5.74) is -1.14. The van der Waals surface area contributed by atoms with Crippen LogP contribution >= 0.6 is 0 Å². The Hall–Kier alpha value is -3.61. The van der Waals surface area contributed by atoms with E-state index in [0.29, 0.717) is 11.1 Å². The number of alkyl halides is 3. The first kappa shape index (κ1) is 17.8. The molecule has 4 nitrogen and oxygen atoms in total. The van der Waals surface area contributed by atoms with Gasteiger partial charge in [0.15, 0.2) is 0 Å². The van der Waals surface area contributed by atoms with Gasteiger partial charge in [0.2, 0.25) is 0 Å². The van der Waals surface area contributed by atoms with E-state index in [1.807, 2.05) is 0 Å². The smallest absolute Gasteiger partial charge is 0.321 e. The summed E-state index contributed by atoms with van der Waals surface area (Å²) >= 11 is 0. The monoisotopic (exact) mass is 382 g/mol. The number of halogens is 3. The number of nitrogens with zero attached hydrogens (tertiary/aromatic N) is 1. The minimum absolute atomic E-state index is 0.0788. The van der Waals surface area contributed by atoms with Crippen molar-refractivity contribution in [1.29, 1.82) is 0 Å². The maximum atomic E-state index is 13.3. The second kappa shape index (κ2) is 6.53. The molecule has 0 aliphatic heterocycles. The van der Waals surface area contributed by atoms with Gasteiger partial charge >= 0.3 is 6.18 Å². The average Bonchev–Trinajstić information content (AvgIpc) is 2.67. The molecule has 2 heterocycles. The van der Waals surface area contributed by atoms with Crippen LogP contribution in [0.15, 0.2) is 82.5 Å². The van der Waals surface area contributed by atoms with Crippen molar-refractivity contribution in [3.8, 4) is 16.9 Å². The van der Waals surface area contributed by atoms with Gasteiger partial charge in [-0.15, -0.1) is 0 Å². The predicted molar refractivity (Wildman–Crippen MR) is 101 cm³/mol. The minimum atomic E-state index is -4.54. The van der Waals surface area contributed by atoms with Crippen LogP contribution < -0.4 is 11.1 Å². The third-order valence-corrected chi connectivity index (χ3v) is 4.45.